The predicted molar refractivity (Wildman–Crippen MR) is 111 cm³/mol. The fourth-order valence-corrected chi connectivity index (χ4v) is 3.04. The van der Waals surface area contributed by atoms with Gasteiger partial charge in [0.1, 0.15) is 11.4 Å². The lowest BCUT2D eigenvalue weighted by Crippen LogP contribution is -2.23. The van der Waals surface area contributed by atoms with Gasteiger partial charge in [-0.25, -0.2) is 4.68 Å². The number of aromatic nitrogens is 3. The monoisotopic (exact) mass is 420 g/mol. The Hall–Kier alpha value is -4.07. The Morgan fingerprint density at radius 3 is 2.48 bits per heavy atom. The average Bonchev–Trinajstić information content (AvgIpc) is 3.25. The van der Waals surface area contributed by atoms with E-state index < -0.39 is 6.61 Å². The molecule has 0 spiro atoms. The van der Waals surface area contributed by atoms with Crippen LogP contribution in [0.3, 0.4) is 0 Å². The standard InChI is InChI=1S/C23H18F2N4O2/c24-23(25)31-19-10-8-16(9-11-19)13-27-22(30)20-15-29(18-6-2-1-3-7-18)28-21(20)17-5-4-12-26-14-17/h1-12,14-15,23H,13H2,(H,27,30). The number of hydrogen-bond acceptors (Lipinski definition) is 4. The number of nitrogens with zero attached hydrogens (tertiary/aromatic N) is 3. The van der Waals surface area contributed by atoms with E-state index in [1.807, 2.05) is 36.4 Å². The van der Waals surface area contributed by atoms with E-state index in [4.69, 9.17) is 0 Å². The SMILES string of the molecule is O=C(NCc1ccc(OC(F)F)cc1)c1cn(-c2ccccc2)nc1-c1cccnc1. The molecule has 8 heteroatoms. The molecule has 2 aromatic carbocycles. The molecule has 0 bridgehead atoms. The third-order valence-corrected chi connectivity index (χ3v) is 4.52. The quantitative estimate of drug-likeness (QED) is 0.479. The summed E-state index contributed by atoms with van der Waals surface area (Å²) in [4.78, 5) is 17.1. The lowest BCUT2D eigenvalue weighted by atomic mass is 10.1. The molecule has 4 rings (SSSR count). The van der Waals surface area contributed by atoms with E-state index in [0.717, 1.165) is 16.8 Å². The Morgan fingerprint density at radius 2 is 1.81 bits per heavy atom. The number of ether oxygens (including phenoxy) is 1. The molecule has 2 heterocycles. The van der Waals surface area contributed by atoms with E-state index in [0.29, 0.717) is 11.3 Å². The van der Waals surface area contributed by atoms with Gasteiger partial charge in [-0.15, -0.1) is 0 Å². The van der Waals surface area contributed by atoms with Gasteiger partial charge in [0.25, 0.3) is 5.91 Å². The maximum Gasteiger partial charge on any atom is 0.387 e. The topological polar surface area (TPSA) is 69.0 Å². The first-order valence-corrected chi connectivity index (χ1v) is 9.47. The van der Waals surface area contributed by atoms with Crippen LogP contribution in [0.4, 0.5) is 8.78 Å². The van der Waals surface area contributed by atoms with Crippen LogP contribution >= 0.6 is 0 Å². The minimum atomic E-state index is -2.88. The van der Waals surface area contributed by atoms with Crippen LogP contribution in [0.2, 0.25) is 0 Å². The molecule has 1 amide bonds. The highest BCUT2D eigenvalue weighted by Crippen LogP contribution is 2.23. The Kier molecular flexibility index (Phi) is 5.98. The van der Waals surface area contributed by atoms with Crippen LogP contribution in [-0.4, -0.2) is 27.3 Å². The van der Waals surface area contributed by atoms with Gasteiger partial charge >= 0.3 is 6.61 Å². The van der Waals surface area contributed by atoms with E-state index in [1.165, 1.54) is 12.1 Å². The number of carbonyl (C=O) groups is 1. The van der Waals surface area contributed by atoms with E-state index in [1.54, 1.807) is 41.5 Å². The summed E-state index contributed by atoms with van der Waals surface area (Å²) in [6, 6.07) is 19.2. The fraction of sp³-hybridized carbons (Fsp3) is 0.0870. The molecule has 0 fully saturated rings. The van der Waals surface area contributed by atoms with Crippen molar-refractivity contribution in [1.29, 1.82) is 0 Å². The van der Waals surface area contributed by atoms with Gasteiger partial charge in [-0.1, -0.05) is 30.3 Å². The Balaban J connectivity index is 1.56. The molecule has 0 atom stereocenters. The van der Waals surface area contributed by atoms with Crippen LogP contribution in [0.1, 0.15) is 15.9 Å². The summed E-state index contributed by atoms with van der Waals surface area (Å²) in [5, 5.41) is 7.44. The highest BCUT2D eigenvalue weighted by molar-refractivity contribution is 5.99. The highest BCUT2D eigenvalue weighted by atomic mass is 19.3. The number of rotatable bonds is 7. The number of amides is 1. The lowest BCUT2D eigenvalue weighted by Gasteiger charge is -2.07. The van der Waals surface area contributed by atoms with Crippen LogP contribution in [0.25, 0.3) is 16.9 Å². The van der Waals surface area contributed by atoms with Gasteiger partial charge in [0.05, 0.1) is 11.3 Å². The largest absolute Gasteiger partial charge is 0.435 e. The van der Waals surface area contributed by atoms with Crippen molar-refractivity contribution in [1.82, 2.24) is 20.1 Å². The summed E-state index contributed by atoms with van der Waals surface area (Å²) in [5.41, 5.74) is 3.19. The minimum absolute atomic E-state index is 0.0630. The van der Waals surface area contributed by atoms with Gasteiger partial charge in [0, 0.05) is 30.7 Å². The first kappa shape index (κ1) is 20.2. The van der Waals surface area contributed by atoms with Crippen LogP contribution in [0.5, 0.6) is 5.75 Å². The fourth-order valence-electron chi connectivity index (χ4n) is 3.04. The summed E-state index contributed by atoms with van der Waals surface area (Å²) >= 11 is 0. The molecule has 4 aromatic rings. The molecule has 0 radical (unpaired) electrons. The first-order chi connectivity index (χ1) is 15.1. The van der Waals surface area contributed by atoms with Crippen molar-refractivity contribution in [2.45, 2.75) is 13.2 Å². The molecule has 1 N–H and O–H groups in total. The van der Waals surface area contributed by atoms with Crippen LogP contribution in [0, 0.1) is 0 Å². The molecular weight excluding hydrogens is 402 g/mol. The summed E-state index contributed by atoms with van der Waals surface area (Å²) in [7, 11) is 0. The molecule has 0 aliphatic rings. The summed E-state index contributed by atoms with van der Waals surface area (Å²) in [6.45, 7) is -2.66. The van der Waals surface area contributed by atoms with Gasteiger partial charge in [0.2, 0.25) is 0 Å². The van der Waals surface area contributed by atoms with E-state index in [2.05, 4.69) is 20.1 Å². The Labute approximate surface area is 177 Å². The number of carbonyl (C=O) groups excluding carboxylic acids is 1. The number of alkyl halides is 2. The average molecular weight is 420 g/mol. The lowest BCUT2D eigenvalue weighted by molar-refractivity contribution is -0.0498. The molecule has 0 saturated carbocycles. The zero-order chi connectivity index (χ0) is 21.6. The van der Waals surface area contributed by atoms with Gasteiger partial charge in [-0.05, 0) is 42.0 Å². The number of para-hydroxylation sites is 1. The van der Waals surface area contributed by atoms with E-state index in [-0.39, 0.29) is 18.2 Å². The summed E-state index contributed by atoms with van der Waals surface area (Å²) in [5.74, 6) is -0.248. The maximum atomic E-state index is 13.0. The molecular formula is C23H18F2N4O2. The number of halogens is 2. The van der Waals surface area contributed by atoms with Gasteiger partial charge in [-0.2, -0.15) is 13.9 Å². The second kappa shape index (κ2) is 9.17. The zero-order valence-electron chi connectivity index (χ0n) is 16.3. The van der Waals surface area contributed by atoms with Crippen molar-refractivity contribution in [3.05, 3.63) is 96.4 Å². The number of nitrogens with one attached hydrogen (secondary N) is 1. The molecule has 0 aliphatic heterocycles. The molecule has 0 aliphatic carbocycles. The Bertz CT molecular complexity index is 1150. The van der Waals surface area contributed by atoms with Crippen molar-refractivity contribution < 1.29 is 18.3 Å². The molecule has 156 valence electrons. The number of benzene rings is 2. The summed E-state index contributed by atoms with van der Waals surface area (Å²) in [6.07, 6.45) is 4.97. The van der Waals surface area contributed by atoms with Crippen molar-refractivity contribution in [2.24, 2.45) is 0 Å². The first-order valence-electron chi connectivity index (χ1n) is 9.47. The van der Waals surface area contributed by atoms with Crippen LogP contribution in [-0.2, 0) is 6.54 Å². The minimum Gasteiger partial charge on any atom is -0.435 e. The second-order valence-corrected chi connectivity index (χ2v) is 6.62. The highest BCUT2D eigenvalue weighted by Gasteiger charge is 2.18. The van der Waals surface area contributed by atoms with Gasteiger partial charge < -0.3 is 10.1 Å². The Morgan fingerprint density at radius 1 is 1.03 bits per heavy atom. The van der Waals surface area contributed by atoms with E-state index in [9.17, 15) is 13.6 Å². The third kappa shape index (κ3) is 4.92. The second-order valence-electron chi connectivity index (χ2n) is 6.62. The number of hydrogen-bond donors (Lipinski definition) is 1. The zero-order valence-corrected chi connectivity index (χ0v) is 16.3. The van der Waals surface area contributed by atoms with Crippen molar-refractivity contribution in [3.63, 3.8) is 0 Å². The van der Waals surface area contributed by atoms with Crippen LogP contribution < -0.4 is 10.1 Å². The molecule has 6 nitrogen and oxygen atoms in total. The molecule has 31 heavy (non-hydrogen) atoms. The van der Waals surface area contributed by atoms with Gasteiger partial charge in [0.15, 0.2) is 0 Å². The smallest absolute Gasteiger partial charge is 0.387 e. The normalized spacial score (nSPS) is 10.8. The van der Waals surface area contributed by atoms with Crippen molar-refractivity contribution in [2.75, 3.05) is 0 Å². The van der Waals surface area contributed by atoms with Gasteiger partial charge in [-0.3, -0.25) is 9.78 Å². The summed E-state index contributed by atoms with van der Waals surface area (Å²) < 4.78 is 30.5. The van der Waals surface area contributed by atoms with Crippen molar-refractivity contribution >= 4 is 5.91 Å². The molecule has 0 unspecified atom stereocenters. The van der Waals surface area contributed by atoms with E-state index >= 15 is 0 Å². The molecule has 2 aromatic heterocycles. The maximum absolute atomic E-state index is 13.0. The molecule has 0 saturated heterocycles. The third-order valence-electron chi connectivity index (χ3n) is 4.52. The predicted octanol–water partition coefficient (Wildman–Crippen LogP) is 4.47. The van der Waals surface area contributed by atoms with Crippen molar-refractivity contribution in [3.8, 4) is 22.7 Å². The number of pyridine rings is 1. The van der Waals surface area contributed by atoms with Crippen LogP contribution in [0.15, 0.2) is 85.3 Å².